The number of hydrogen-bond acceptors (Lipinski definition) is 5. The molecule has 1 amide bonds. The van der Waals surface area contributed by atoms with Gasteiger partial charge in [-0.3, -0.25) is 4.79 Å². The van der Waals surface area contributed by atoms with Gasteiger partial charge in [0.2, 0.25) is 10.0 Å². The number of hydrogen-bond donors (Lipinski definition) is 0. The number of carbonyl (C=O) groups is 1. The largest absolute Gasteiger partial charge is 0.336 e. The Balaban J connectivity index is 1.71. The number of rotatable bonds is 3. The quantitative estimate of drug-likeness (QED) is 0.834. The summed E-state index contributed by atoms with van der Waals surface area (Å²) in [5, 5.41) is 3.69. The van der Waals surface area contributed by atoms with E-state index in [1.165, 1.54) is 27.0 Å². The third-order valence-corrected chi connectivity index (χ3v) is 7.71. The molecule has 3 heterocycles. The van der Waals surface area contributed by atoms with Gasteiger partial charge in [0.05, 0.1) is 10.5 Å². The highest BCUT2D eigenvalue weighted by atomic mass is 32.2. The van der Waals surface area contributed by atoms with Gasteiger partial charge in [-0.25, -0.2) is 8.42 Å². The van der Waals surface area contributed by atoms with Crippen LogP contribution in [0.3, 0.4) is 0 Å². The lowest BCUT2D eigenvalue weighted by Crippen LogP contribution is -2.50. The van der Waals surface area contributed by atoms with Gasteiger partial charge in [0, 0.05) is 41.3 Å². The van der Waals surface area contributed by atoms with E-state index in [1.807, 2.05) is 24.6 Å². The minimum Gasteiger partial charge on any atom is -0.336 e. The van der Waals surface area contributed by atoms with E-state index in [1.54, 1.807) is 17.0 Å². The van der Waals surface area contributed by atoms with Crippen molar-refractivity contribution in [1.29, 1.82) is 0 Å². The third kappa shape index (κ3) is 3.21. The Morgan fingerprint density at radius 3 is 2.39 bits per heavy atom. The molecule has 8 heteroatoms. The Morgan fingerprint density at radius 1 is 1.17 bits per heavy atom. The van der Waals surface area contributed by atoms with Crippen LogP contribution in [0.25, 0.3) is 0 Å². The molecule has 5 nitrogen and oxygen atoms in total. The molecule has 0 bridgehead atoms. The molecule has 0 unspecified atom stereocenters. The zero-order valence-corrected chi connectivity index (χ0v) is 15.4. The Hall–Kier alpha value is -1.22. The van der Waals surface area contributed by atoms with Crippen LogP contribution >= 0.6 is 22.7 Å². The van der Waals surface area contributed by atoms with E-state index in [2.05, 4.69) is 0 Å². The van der Waals surface area contributed by atoms with E-state index in [0.717, 1.165) is 9.75 Å². The highest BCUT2D eigenvalue weighted by molar-refractivity contribution is 7.89. The molecular weight excluding hydrogens is 352 g/mol. The van der Waals surface area contributed by atoms with Gasteiger partial charge in [-0.1, -0.05) is 0 Å². The summed E-state index contributed by atoms with van der Waals surface area (Å²) in [7, 11) is -3.47. The first-order chi connectivity index (χ1) is 10.9. The molecule has 124 valence electrons. The Morgan fingerprint density at radius 2 is 1.87 bits per heavy atom. The Kier molecular flexibility index (Phi) is 4.59. The van der Waals surface area contributed by atoms with E-state index in [0.29, 0.717) is 36.6 Å². The van der Waals surface area contributed by atoms with E-state index in [4.69, 9.17) is 0 Å². The molecule has 3 rings (SSSR count). The Labute approximate surface area is 144 Å². The molecule has 2 aromatic heterocycles. The monoisotopic (exact) mass is 370 g/mol. The number of sulfonamides is 1. The molecule has 0 spiro atoms. The lowest BCUT2D eigenvalue weighted by Gasteiger charge is -2.33. The summed E-state index contributed by atoms with van der Waals surface area (Å²) in [6.45, 7) is 5.28. The van der Waals surface area contributed by atoms with Crippen LogP contribution in [0.5, 0.6) is 0 Å². The van der Waals surface area contributed by atoms with E-state index in [9.17, 15) is 13.2 Å². The summed E-state index contributed by atoms with van der Waals surface area (Å²) in [5.74, 6) is -0.0224. The number of thiophene rings is 2. The van der Waals surface area contributed by atoms with Gasteiger partial charge in [-0.05, 0) is 31.4 Å². The summed E-state index contributed by atoms with van der Waals surface area (Å²) in [5.41, 5.74) is 0.676. The van der Waals surface area contributed by atoms with Crippen LogP contribution in [0, 0.1) is 13.8 Å². The lowest BCUT2D eigenvalue weighted by molar-refractivity contribution is 0.0698. The van der Waals surface area contributed by atoms with Crippen LogP contribution in [0.15, 0.2) is 27.8 Å². The number of carbonyl (C=O) groups excluding carboxylic acids is 1. The zero-order valence-electron chi connectivity index (χ0n) is 13.0. The fourth-order valence-corrected chi connectivity index (χ4v) is 6.28. The van der Waals surface area contributed by atoms with Crippen LogP contribution in [0.2, 0.25) is 0 Å². The van der Waals surface area contributed by atoms with Crippen molar-refractivity contribution in [2.24, 2.45) is 0 Å². The predicted octanol–water partition coefficient (Wildman–Crippen LogP) is 2.57. The van der Waals surface area contributed by atoms with Crippen LogP contribution in [-0.4, -0.2) is 49.7 Å². The molecule has 0 aromatic carbocycles. The second-order valence-electron chi connectivity index (χ2n) is 5.49. The van der Waals surface area contributed by atoms with Gasteiger partial charge in [-0.15, -0.1) is 11.3 Å². The van der Waals surface area contributed by atoms with Gasteiger partial charge in [-0.2, -0.15) is 15.6 Å². The highest BCUT2D eigenvalue weighted by Crippen LogP contribution is 2.28. The summed E-state index contributed by atoms with van der Waals surface area (Å²) in [6, 6.07) is 3.53. The maximum atomic E-state index is 12.8. The fraction of sp³-hybridized carbons (Fsp3) is 0.400. The van der Waals surface area contributed by atoms with E-state index >= 15 is 0 Å². The van der Waals surface area contributed by atoms with Gasteiger partial charge in [0.1, 0.15) is 0 Å². The highest BCUT2D eigenvalue weighted by Gasteiger charge is 2.32. The SMILES string of the molecule is Cc1cc(S(=O)(=O)N2CCN(C(=O)c3ccsc3)CC2)c(C)s1. The molecule has 1 fully saturated rings. The number of piperazine rings is 1. The Bertz CT molecular complexity index is 801. The molecule has 1 aliphatic heterocycles. The third-order valence-electron chi connectivity index (χ3n) is 3.91. The maximum absolute atomic E-state index is 12.8. The number of amides is 1. The smallest absolute Gasteiger partial charge is 0.254 e. The van der Waals surface area contributed by atoms with Crippen LogP contribution < -0.4 is 0 Å². The molecule has 0 radical (unpaired) electrons. The molecule has 1 aliphatic rings. The fourth-order valence-electron chi connectivity index (χ4n) is 2.70. The van der Waals surface area contributed by atoms with E-state index in [-0.39, 0.29) is 5.91 Å². The first-order valence-corrected chi connectivity index (χ1v) is 10.5. The van der Waals surface area contributed by atoms with Crippen molar-refractivity contribution < 1.29 is 13.2 Å². The minimum atomic E-state index is -3.47. The lowest BCUT2D eigenvalue weighted by atomic mass is 10.2. The number of nitrogens with zero attached hydrogens (tertiary/aromatic N) is 2. The molecule has 0 N–H and O–H groups in total. The van der Waals surface area contributed by atoms with Gasteiger partial charge in [0.15, 0.2) is 0 Å². The second kappa shape index (κ2) is 6.35. The summed E-state index contributed by atoms with van der Waals surface area (Å²) in [4.78, 5) is 16.2. The molecular formula is C15H18N2O3S3. The van der Waals surface area contributed by atoms with Crippen molar-refractivity contribution >= 4 is 38.6 Å². The molecule has 0 aliphatic carbocycles. The molecule has 23 heavy (non-hydrogen) atoms. The van der Waals surface area contributed by atoms with Crippen molar-refractivity contribution in [2.45, 2.75) is 18.7 Å². The van der Waals surface area contributed by atoms with Crippen molar-refractivity contribution in [3.8, 4) is 0 Å². The molecule has 0 saturated carbocycles. The normalized spacial score (nSPS) is 16.7. The van der Waals surface area contributed by atoms with Crippen LogP contribution in [0.1, 0.15) is 20.1 Å². The van der Waals surface area contributed by atoms with E-state index < -0.39 is 10.0 Å². The number of aryl methyl sites for hydroxylation is 2. The second-order valence-corrected chi connectivity index (χ2v) is 9.63. The standard InChI is InChI=1S/C15H18N2O3S3/c1-11-9-14(12(2)22-11)23(19,20)17-6-4-16(5-7-17)15(18)13-3-8-21-10-13/h3,8-10H,4-7H2,1-2H3. The average molecular weight is 371 g/mol. The van der Waals surface area contributed by atoms with Gasteiger partial charge >= 0.3 is 0 Å². The molecule has 2 aromatic rings. The molecule has 0 atom stereocenters. The topological polar surface area (TPSA) is 57.7 Å². The van der Waals surface area contributed by atoms with Gasteiger partial charge < -0.3 is 4.90 Å². The van der Waals surface area contributed by atoms with Crippen LogP contribution in [-0.2, 0) is 10.0 Å². The van der Waals surface area contributed by atoms with Crippen molar-refractivity contribution in [1.82, 2.24) is 9.21 Å². The summed E-state index contributed by atoms with van der Waals surface area (Å²) in [6.07, 6.45) is 0. The average Bonchev–Trinajstić information content (AvgIpc) is 3.16. The first-order valence-electron chi connectivity index (χ1n) is 7.28. The zero-order chi connectivity index (χ0) is 16.6. The van der Waals surface area contributed by atoms with Crippen LogP contribution in [0.4, 0.5) is 0 Å². The van der Waals surface area contributed by atoms with Crippen molar-refractivity contribution in [3.05, 3.63) is 38.2 Å². The maximum Gasteiger partial charge on any atom is 0.254 e. The van der Waals surface area contributed by atoms with Crippen molar-refractivity contribution in [2.75, 3.05) is 26.2 Å². The predicted molar refractivity (Wildman–Crippen MR) is 92.8 cm³/mol. The minimum absolute atomic E-state index is 0.0224. The first kappa shape index (κ1) is 16.6. The summed E-state index contributed by atoms with van der Waals surface area (Å²) >= 11 is 2.98. The summed E-state index contributed by atoms with van der Waals surface area (Å²) < 4.78 is 27.0. The van der Waals surface area contributed by atoms with Crippen molar-refractivity contribution in [3.63, 3.8) is 0 Å². The van der Waals surface area contributed by atoms with Gasteiger partial charge in [0.25, 0.3) is 5.91 Å². The molecule has 1 saturated heterocycles.